The minimum atomic E-state index is 0.914. The van der Waals surface area contributed by atoms with Crippen molar-refractivity contribution in [2.75, 3.05) is 0 Å². The van der Waals surface area contributed by atoms with Gasteiger partial charge in [-0.3, -0.25) is 9.80 Å². The SMILES string of the molecule is CC1CCC(N(C2CCC(C)CC2)C2CCC(CCC3CCC(CCC4CCC(N(C5CCC(C)CC5)C5CCC(C)CC5)CC4)CC3)CC2)CC1. The van der Waals surface area contributed by atoms with Crippen molar-refractivity contribution >= 4 is 0 Å². The Morgan fingerprint density at radius 3 is 0.577 bits per heavy atom. The van der Waals surface area contributed by atoms with Gasteiger partial charge in [0.1, 0.15) is 0 Å². The molecule has 0 atom stereocenters. The van der Waals surface area contributed by atoms with Crippen LogP contribution in [0.1, 0.15) is 233 Å². The fourth-order valence-corrected chi connectivity index (χ4v) is 14.2. The van der Waals surface area contributed by atoms with E-state index in [2.05, 4.69) is 37.5 Å². The second kappa shape index (κ2) is 19.9. The summed E-state index contributed by atoms with van der Waals surface area (Å²) in [4.78, 5) is 6.40. The van der Waals surface area contributed by atoms with Crippen molar-refractivity contribution in [2.24, 2.45) is 47.3 Å². The molecule has 0 bridgehead atoms. The topological polar surface area (TPSA) is 6.48 Å². The fraction of sp³-hybridized carbons (Fsp3) is 1.00. The van der Waals surface area contributed by atoms with E-state index in [0.29, 0.717) is 0 Å². The third-order valence-corrected chi connectivity index (χ3v) is 18.0. The Labute approximate surface area is 325 Å². The normalized spacial score (nSPS) is 44.2. The molecule has 0 saturated heterocycles. The largest absolute Gasteiger partial charge is 0.294 e. The second-order valence-corrected chi connectivity index (χ2v) is 21.9. The molecule has 0 aromatic carbocycles. The molecule has 7 rings (SSSR count). The third kappa shape index (κ3) is 11.1. The minimum Gasteiger partial charge on any atom is -0.294 e. The first-order chi connectivity index (χ1) is 25.4. The molecular weight excluding hydrogens is 629 g/mol. The van der Waals surface area contributed by atoms with E-state index >= 15 is 0 Å². The van der Waals surface area contributed by atoms with Crippen molar-refractivity contribution in [1.29, 1.82) is 0 Å². The van der Waals surface area contributed by atoms with Crippen molar-refractivity contribution in [3.8, 4) is 0 Å². The number of hydrogen-bond donors (Lipinski definition) is 0. The third-order valence-electron chi connectivity index (χ3n) is 18.0. The lowest BCUT2D eigenvalue weighted by Gasteiger charge is -2.49. The highest BCUT2D eigenvalue weighted by molar-refractivity contribution is 4.94. The molecule has 52 heavy (non-hydrogen) atoms. The Kier molecular flexibility index (Phi) is 15.3. The first-order valence-corrected chi connectivity index (χ1v) is 24.9. The lowest BCUT2D eigenvalue weighted by atomic mass is 9.73. The molecule has 7 aliphatic rings. The second-order valence-electron chi connectivity index (χ2n) is 21.9. The van der Waals surface area contributed by atoms with Gasteiger partial charge in [-0.1, -0.05) is 79.1 Å². The average molecular weight is 719 g/mol. The molecule has 0 N–H and O–H groups in total. The quantitative estimate of drug-likeness (QED) is 0.198. The Hall–Kier alpha value is -0.0800. The van der Waals surface area contributed by atoms with Crippen LogP contribution in [0.4, 0.5) is 0 Å². The Balaban J connectivity index is 0.785. The number of hydrogen-bond acceptors (Lipinski definition) is 2. The molecule has 2 heteroatoms. The first kappa shape index (κ1) is 40.1. The van der Waals surface area contributed by atoms with Crippen molar-refractivity contribution in [3.05, 3.63) is 0 Å². The maximum Gasteiger partial charge on any atom is 0.0101 e. The van der Waals surface area contributed by atoms with Crippen LogP contribution in [0.2, 0.25) is 0 Å². The Bertz CT molecular complexity index is 844. The van der Waals surface area contributed by atoms with E-state index < -0.39 is 0 Å². The highest BCUT2D eigenvalue weighted by atomic mass is 15.2. The van der Waals surface area contributed by atoms with Crippen LogP contribution < -0.4 is 0 Å². The zero-order chi connectivity index (χ0) is 35.9. The van der Waals surface area contributed by atoms with Crippen LogP contribution in [0, 0.1) is 47.3 Å². The summed E-state index contributed by atoms with van der Waals surface area (Å²) in [7, 11) is 0. The molecule has 0 aromatic rings. The van der Waals surface area contributed by atoms with Crippen LogP contribution in [0.5, 0.6) is 0 Å². The summed E-state index contributed by atoms with van der Waals surface area (Å²) >= 11 is 0. The molecule has 7 fully saturated rings. The van der Waals surface area contributed by atoms with Crippen molar-refractivity contribution < 1.29 is 0 Å². The zero-order valence-electron chi connectivity index (χ0n) is 35.6. The monoisotopic (exact) mass is 719 g/mol. The molecule has 7 aliphatic carbocycles. The smallest absolute Gasteiger partial charge is 0.0101 e. The summed E-state index contributed by atoms with van der Waals surface area (Å²) in [6.45, 7) is 10.0. The van der Waals surface area contributed by atoms with Crippen LogP contribution in [-0.4, -0.2) is 46.1 Å². The van der Waals surface area contributed by atoms with E-state index in [0.717, 1.165) is 83.6 Å². The molecule has 0 amide bonds. The van der Waals surface area contributed by atoms with Gasteiger partial charge in [0.2, 0.25) is 0 Å². The highest BCUT2D eigenvalue weighted by Crippen LogP contribution is 2.44. The molecule has 300 valence electrons. The summed E-state index contributed by atoms with van der Waals surface area (Å²) in [5.74, 6) is 8.11. The summed E-state index contributed by atoms with van der Waals surface area (Å²) < 4.78 is 0. The maximum atomic E-state index is 3.20. The van der Waals surface area contributed by atoms with Gasteiger partial charge in [-0.25, -0.2) is 0 Å². The van der Waals surface area contributed by atoms with E-state index in [1.807, 2.05) is 0 Å². The predicted octanol–water partition coefficient (Wildman–Crippen LogP) is 14.4. The summed E-state index contributed by atoms with van der Waals surface area (Å²) in [5, 5.41) is 0. The fourth-order valence-electron chi connectivity index (χ4n) is 14.2. The zero-order valence-corrected chi connectivity index (χ0v) is 35.6. The molecule has 0 spiro atoms. The van der Waals surface area contributed by atoms with Gasteiger partial charge < -0.3 is 0 Å². The Morgan fingerprint density at radius 2 is 0.385 bits per heavy atom. The molecule has 2 nitrogen and oxygen atoms in total. The molecule has 0 aromatic heterocycles. The van der Waals surface area contributed by atoms with Gasteiger partial charge in [-0.05, 0) is 201 Å². The van der Waals surface area contributed by atoms with Gasteiger partial charge >= 0.3 is 0 Å². The molecule has 0 radical (unpaired) electrons. The maximum absolute atomic E-state index is 3.20. The highest BCUT2D eigenvalue weighted by Gasteiger charge is 2.39. The lowest BCUT2D eigenvalue weighted by Crippen LogP contribution is -2.52. The van der Waals surface area contributed by atoms with Gasteiger partial charge in [0.25, 0.3) is 0 Å². The number of nitrogens with zero attached hydrogens (tertiary/aromatic N) is 2. The van der Waals surface area contributed by atoms with E-state index in [-0.39, 0.29) is 0 Å². The first-order valence-electron chi connectivity index (χ1n) is 24.9. The predicted molar refractivity (Wildman–Crippen MR) is 225 cm³/mol. The van der Waals surface area contributed by atoms with Crippen LogP contribution in [0.15, 0.2) is 0 Å². The average Bonchev–Trinajstić information content (AvgIpc) is 3.18. The van der Waals surface area contributed by atoms with E-state index in [1.165, 1.54) is 128 Å². The van der Waals surface area contributed by atoms with Crippen molar-refractivity contribution in [2.45, 2.75) is 269 Å². The summed E-state index contributed by atoms with van der Waals surface area (Å²) in [5.41, 5.74) is 0. The molecule has 7 saturated carbocycles. The standard InChI is InChI=1S/C50H90N2/c1-37-5-25-45(26-6-37)51(46-27-7-38(2)8-28-46)49-33-21-43(22-34-49)19-17-41-13-15-42(16-14-41)18-20-44-23-35-50(36-24-44)52(47-29-9-39(3)10-30-47)48-31-11-40(4)12-32-48/h37-50H,5-36H2,1-4H3. The van der Waals surface area contributed by atoms with Crippen molar-refractivity contribution in [1.82, 2.24) is 9.80 Å². The van der Waals surface area contributed by atoms with Crippen LogP contribution in [0.3, 0.4) is 0 Å². The summed E-state index contributed by atoms with van der Waals surface area (Å²) in [6, 6.07) is 5.49. The van der Waals surface area contributed by atoms with Gasteiger partial charge in [0.15, 0.2) is 0 Å². The van der Waals surface area contributed by atoms with Crippen LogP contribution in [-0.2, 0) is 0 Å². The number of rotatable bonds is 12. The van der Waals surface area contributed by atoms with Crippen LogP contribution in [0.25, 0.3) is 0 Å². The minimum absolute atomic E-state index is 0.914. The van der Waals surface area contributed by atoms with E-state index in [1.54, 1.807) is 77.0 Å². The van der Waals surface area contributed by atoms with E-state index in [9.17, 15) is 0 Å². The van der Waals surface area contributed by atoms with Gasteiger partial charge in [0.05, 0.1) is 0 Å². The summed E-state index contributed by atoms with van der Waals surface area (Å²) in [6.07, 6.45) is 48.6. The van der Waals surface area contributed by atoms with Crippen LogP contribution >= 0.6 is 0 Å². The lowest BCUT2D eigenvalue weighted by molar-refractivity contribution is 0.00454. The molecule has 0 heterocycles. The van der Waals surface area contributed by atoms with Gasteiger partial charge in [0, 0.05) is 36.3 Å². The van der Waals surface area contributed by atoms with Crippen molar-refractivity contribution in [3.63, 3.8) is 0 Å². The van der Waals surface area contributed by atoms with Gasteiger partial charge in [-0.15, -0.1) is 0 Å². The van der Waals surface area contributed by atoms with Gasteiger partial charge in [-0.2, -0.15) is 0 Å². The molecule has 0 aliphatic heterocycles. The molecule has 0 unspecified atom stereocenters. The molecular formula is C50H90N2. The Morgan fingerprint density at radius 1 is 0.231 bits per heavy atom. The van der Waals surface area contributed by atoms with E-state index in [4.69, 9.17) is 0 Å².